The summed E-state index contributed by atoms with van der Waals surface area (Å²) in [7, 11) is 0. The zero-order valence-corrected chi connectivity index (χ0v) is 10.3. The van der Waals surface area contributed by atoms with Gasteiger partial charge in [0, 0.05) is 11.9 Å². The van der Waals surface area contributed by atoms with Crippen LogP contribution in [0.15, 0.2) is 53.7 Å². The van der Waals surface area contributed by atoms with Crippen molar-refractivity contribution >= 4 is 23.5 Å². The fourth-order valence-electron chi connectivity index (χ4n) is 1.87. The van der Waals surface area contributed by atoms with Gasteiger partial charge in [0.25, 0.3) is 5.91 Å². The van der Waals surface area contributed by atoms with Crippen molar-refractivity contribution in [3.05, 3.63) is 59.9 Å². The molecule has 0 bridgehead atoms. The molecule has 3 rings (SSSR count). The number of carbonyl (C=O) groups is 2. The fraction of sp³-hybridized carbons (Fsp3) is 0. The number of pyridine rings is 1. The molecule has 0 saturated heterocycles. The molecule has 1 aliphatic rings. The third-order valence-electron chi connectivity index (χ3n) is 2.75. The Morgan fingerprint density at radius 3 is 2.75 bits per heavy atom. The van der Waals surface area contributed by atoms with Crippen LogP contribution in [0, 0.1) is 0 Å². The molecule has 0 unspecified atom stereocenters. The van der Waals surface area contributed by atoms with E-state index in [-0.39, 0.29) is 11.7 Å². The van der Waals surface area contributed by atoms with E-state index in [9.17, 15) is 9.59 Å². The first-order chi connectivity index (χ1) is 9.74. The number of amidine groups is 1. The highest BCUT2D eigenvalue weighted by molar-refractivity contribution is 6.24. The zero-order valence-electron chi connectivity index (χ0n) is 10.3. The number of nitrogens with zero attached hydrogens (tertiary/aromatic N) is 2. The van der Waals surface area contributed by atoms with Crippen molar-refractivity contribution in [2.75, 3.05) is 5.32 Å². The molecule has 1 aromatic carbocycles. The fourth-order valence-corrected chi connectivity index (χ4v) is 1.87. The monoisotopic (exact) mass is 266 g/mol. The average molecular weight is 266 g/mol. The number of aromatic nitrogens is 1. The van der Waals surface area contributed by atoms with Crippen molar-refractivity contribution in [2.24, 2.45) is 4.99 Å². The van der Waals surface area contributed by atoms with Gasteiger partial charge in [-0.15, -0.1) is 0 Å². The number of hydrogen-bond donors (Lipinski definition) is 2. The molecule has 6 heteroatoms. The number of nitrogens with one attached hydrogen (secondary N) is 2. The first-order valence-corrected chi connectivity index (χ1v) is 5.95. The van der Waals surface area contributed by atoms with Crippen molar-refractivity contribution in [1.82, 2.24) is 10.3 Å². The average Bonchev–Trinajstić information content (AvgIpc) is 2.77. The van der Waals surface area contributed by atoms with Gasteiger partial charge in [0.2, 0.25) is 0 Å². The molecule has 1 aromatic heterocycles. The summed E-state index contributed by atoms with van der Waals surface area (Å²) >= 11 is 0. The second-order valence-corrected chi connectivity index (χ2v) is 4.11. The number of fused-ring (bicyclic) bond motifs is 1. The molecule has 98 valence electrons. The quantitative estimate of drug-likeness (QED) is 0.825. The number of urea groups is 1. The van der Waals surface area contributed by atoms with Crippen molar-refractivity contribution in [1.29, 1.82) is 0 Å². The lowest BCUT2D eigenvalue weighted by Gasteiger charge is -2.01. The molecule has 20 heavy (non-hydrogen) atoms. The first kappa shape index (κ1) is 12.0. The van der Waals surface area contributed by atoms with Crippen molar-refractivity contribution in [3.8, 4) is 0 Å². The largest absolute Gasteiger partial charge is 0.347 e. The van der Waals surface area contributed by atoms with Crippen LogP contribution in [0.2, 0.25) is 0 Å². The van der Waals surface area contributed by atoms with Gasteiger partial charge in [-0.3, -0.25) is 9.78 Å². The number of hydrogen-bond acceptors (Lipinski definition) is 3. The molecule has 1 aliphatic heterocycles. The van der Waals surface area contributed by atoms with Crippen LogP contribution < -0.4 is 10.6 Å². The lowest BCUT2D eigenvalue weighted by molar-refractivity contribution is 0.0983. The van der Waals surface area contributed by atoms with E-state index in [0.717, 1.165) is 0 Å². The van der Waals surface area contributed by atoms with Crippen LogP contribution in [-0.4, -0.2) is 22.8 Å². The molecule has 0 radical (unpaired) electrons. The third kappa shape index (κ3) is 2.26. The van der Waals surface area contributed by atoms with Crippen LogP contribution in [0.4, 0.5) is 10.5 Å². The maximum absolute atomic E-state index is 11.8. The summed E-state index contributed by atoms with van der Waals surface area (Å²) < 4.78 is 0. The number of carbonyl (C=O) groups excluding carboxylic acids is 2. The number of amides is 3. The summed E-state index contributed by atoms with van der Waals surface area (Å²) in [6.07, 6.45) is 1.55. The Morgan fingerprint density at radius 1 is 1.15 bits per heavy atom. The van der Waals surface area contributed by atoms with Gasteiger partial charge in [0.15, 0.2) is 5.84 Å². The van der Waals surface area contributed by atoms with Gasteiger partial charge in [0.05, 0.1) is 5.56 Å². The van der Waals surface area contributed by atoms with Crippen LogP contribution in [0.5, 0.6) is 0 Å². The summed E-state index contributed by atoms with van der Waals surface area (Å²) in [4.78, 5) is 31.4. The van der Waals surface area contributed by atoms with Crippen molar-refractivity contribution in [3.63, 3.8) is 0 Å². The van der Waals surface area contributed by atoms with E-state index in [4.69, 9.17) is 0 Å². The maximum atomic E-state index is 11.8. The molecule has 0 aliphatic carbocycles. The summed E-state index contributed by atoms with van der Waals surface area (Å²) in [5.41, 5.74) is 1.44. The van der Waals surface area contributed by atoms with E-state index in [0.29, 0.717) is 16.9 Å². The summed E-state index contributed by atoms with van der Waals surface area (Å²) in [5, 5.41) is 5.13. The SMILES string of the molecule is O=C(/N=C1\NC(=O)c2cccnc21)Nc1ccccc1. The Labute approximate surface area is 114 Å². The van der Waals surface area contributed by atoms with Crippen LogP contribution >= 0.6 is 0 Å². The molecular weight excluding hydrogens is 256 g/mol. The maximum Gasteiger partial charge on any atom is 0.347 e. The molecule has 0 atom stereocenters. The summed E-state index contributed by atoms with van der Waals surface area (Å²) in [5.74, 6) is -0.140. The normalized spacial score (nSPS) is 14.8. The molecule has 0 saturated carbocycles. The standard InChI is InChI=1S/C14H10N4O2/c19-13-10-7-4-8-15-11(10)12(17-13)18-14(20)16-9-5-2-1-3-6-9/h1-8H,(H2,16,17,18,19,20). The minimum absolute atomic E-state index is 0.166. The van der Waals surface area contributed by atoms with Crippen molar-refractivity contribution < 1.29 is 9.59 Å². The van der Waals surface area contributed by atoms with Gasteiger partial charge < -0.3 is 10.6 Å². The van der Waals surface area contributed by atoms with Crippen molar-refractivity contribution in [2.45, 2.75) is 0 Å². The summed E-state index contributed by atoms with van der Waals surface area (Å²) in [6, 6.07) is 11.7. The predicted octanol–water partition coefficient (Wildman–Crippen LogP) is 1.80. The van der Waals surface area contributed by atoms with Crippen LogP contribution in [0.3, 0.4) is 0 Å². The van der Waals surface area contributed by atoms with E-state index < -0.39 is 6.03 Å². The molecule has 0 spiro atoms. The number of anilines is 1. The van der Waals surface area contributed by atoms with E-state index in [1.807, 2.05) is 6.07 Å². The topological polar surface area (TPSA) is 83.5 Å². The van der Waals surface area contributed by atoms with E-state index >= 15 is 0 Å². The third-order valence-corrected chi connectivity index (χ3v) is 2.75. The second kappa shape index (κ2) is 4.93. The smallest absolute Gasteiger partial charge is 0.306 e. The minimum atomic E-state index is -0.565. The minimum Gasteiger partial charge on any atom is -0.306 e. The van der Waals surface area contributed by atoms with Gasteiger partial charge in [-0.05, 0) is 24.3 Å². The number of benzene rings is 1. The molecule has 2 aromatic rings. The number of para-hydroxylation sites is 1. The van der Waals surface area contributed by atoms with Crippen LogP contribution in [0.25, 0.3) is 0 Å². The van der Waals surface area contributed by atoms with Crippen LogP contribution in [-0.2, 0) is 0 Å². The highest BCUT2D eigenvalue weighted by Crippen LogP contribution is 2.13. The lowest BCUT2D eigenvalue weighted by atomic mass is 10.2. The van der Waals surface area contributed by atoms with Crippen LogP contribution in [0.1, 0.15) is 16.1 Å². The van der Waals surface area contributed by atoms with Gasteiger partial charge in [0.1, 0.15) is 5.69 Å². The Hall–Kier alpha value is -3.02. The predicted molar refractivity (Wildman–Crippen MR) is 73.7 cm³/mol. The van der Waals surface area contributed by atoms with E-state index in [1.54, 1.807) is 42.6 Å². The van der Waals surface area contributed by atoms with Gasteiger partial charge in [-0.25, -0.2) is 4.79 Å². The molecular formula is C14H10N4O2. The molecule has 3 amide bonds. The highest BCUT2D eigenvalue weighted by atomic mass is 16.2. The Bertz CT molecular complexity index is 710. The van der Waals surface area contributed by atoms with Gasteiger partial charge in [-0.1, -0.05) is 18.2 Å². The second-order valence-electron chi connectivity index (χ2n) is 4.11. The van der Waals surface area contributed by atoms with E-state index in [1.165, 1.54) is 0 Å². The Kier molecular flexibility index (Phi) is 2.96. The first-order valence-electron chi connectivity index (χ1n) is 5.95. The van der Waals surface area contributed by atoms with Gasteiger partial charge in [-0.2, -0.15) is 4.99 Å². The summed E-state index contributed by atoms with van der Waals surface area (Å²) in [6.45, 7) is 0. The van der Waals surface area contributed by atoms with Gasteiger partial charge >= 0.3 is 6.03 Å². The molecule has 6 nitrogen and oxygen atoms in total. The zero-order chi connectivity index (χ0) is 13.9. The number of aliphatic imine (C=N–C) groups is 1. The van der Waals surface area contributed by atoms with E-state index in [2.05, 4.69) is 20.6 Å². The molecule has 2 N–H and O–H groups in total. The Morgan fingerprint density at radius 2 is 1.95 bits per heavy atom. The highest BCUT2D eigenvalue weighted by Gasteiger charge is 2.26. The number of rotatable bonds is 1. The lowest BCUT2D eigenvalue weighted by Crippen LogP contribution is -2.24. The Balaban J connectivity index is 1.84. The molecule has 0 fully saturated rings. The molecule has 2 heterocycles.